The molecule has 12 heteroatoms. The summed E-state index contributed by atoms with van der Waals surface area (Å²) in [4.78, 5) is 9.21. The summed E-state index contributed by atoms with van der Waals surface area (Å²) in [6.45, 7) is 11.0. The number of hydrogen-bond acceptors (Lipinski definition) is 12. The number of aromatic hydroxyl groups is 6. The van der Waals surface area contributed by atoms with Gasteiger partial charge in [0.1, 0.15) is 45.9 Å². The van der Waals surface area contributed by atoms with Crippen LogP contribution in [-0.2, 0) is 0 Å². The van der Waals surface area contributed by atoms with Gasteiger partial charge in [0.15, 0.2) is 23.0 Å². The molecule has 0 unspecified atom stereocenters. The van der Waals surface area contributed by atoms with Crippen LogP contribution in [0.3, 0.4) is 0 Å². The Labute approximate surface area is 336 Å². The van der Waals surface area contributed by atoms with E-state index in [2.05, 4.69) is 9.98 Å². The summed E-state index contributed by atoms with van der Waals surface area (Å²) in [6.07, 6.45) is 2.67. The lowest BCUT2D eigenvalue weighted by atomic mass is 9.83. The van der Waals surface area contributed by atoms with Crippen molar-refractivity contribution in [1.29, 1.82) is 0 Å². The van der Waals surface area contributed by atoms with Crippen LogP contribution < -0.4 is 18.9 Å². The quantitative estimate of drug-likeness (QED) is 0.0546. The zero-order chi connectivity index (χ0) is 42.3. The zero-order valence-electron chi connectivity index (χ0n) is 34.1. The SMILES string of the molecule is COc1ccc(OC)c(N=Cc2c(O)c(O)c(C(C)C)c3cc(C)c(-c4c(C)cc5c(C(C)C)c(O)c(O)c(C=Nc6cc(OC)ccc6OC)c5c4O)c(O)c23)c1. The second-order valence-corrected chi connectivity index (χ2v) is 14.6. The second kappa shape index (κ2) is 16.0. The molecule has 0 saturated carbocycles. The van der Waals surface area contributed by atoms with E-state index in [1.165, 1.54) is 40.9 Å². The Morgan fingerprint density at radius 2 is 0.845 bits per heavy atom. The van der Waals surface area contributed by atoms with Gasteiger partial charge in [-0.05, 0) is 71.8 Å². The van der Waals surface area contributed by atoms with Crippen molar-refractivity contribution in [2.24, 2.45) is 9.98 Å². The van der Waals surface area contributed by atoms with E-state index in [4.69, 9.17) is 18.9 Å². The predicted octanol–water partition coefficient (Wildman–Crippen LogP) is 10.3. The molecule has 6 aromatic rings. The Kier molecular flexibility index (Phi) is 11.2. The summed E-state index contributed by atoms with van der Waals surface area (Å²) in [5.74, 6) is -1.02. The minimum absolute atomic E-state index is 0.0168. The van der Waals surface area contributed by atoms with E-state index in [1.807, 2.05) is 27.7 Å². The standard InChI is InChI=1S/C46H48N2O10/c1-21(2)35-27-15-23(5)37(43(51)39(27)29(41(49)45(35)53)19-47-31-17-25(55-7)11-13-33(31)57-9)38-24(6)16-28-36(22(3)4)46(54)42(50)30(40(28)44(38)52)20-48-32-18-26(56-8)12-14-34(32)58-10/h11-22,49-54H,1-10H3. The van der Waals surface area contributed by atoms with E-state index in [-0.39, 0.29) is 67.9 Å². The lowest BCUT2D eigenvalue weighted by Crippen LogP contribution is -2.01. The minimum Gasteiger partial charge on any atom is -0.507 e. The number of rotatable bonds is 11. The van der Waals surface area contributed by atoms with Crippen molar-refractivity contribution >= 4 is 45.3 Å². The maximum atomic E-state index is 12.5. The molecule has 0 aliphatic rings. The van der Waals surface area contributed by atoms with Gasteiger partial charge in [0, 0.05) is 57.6 Å². The fraction of sp³-hybridized carbons (Fsp3) is 0.261. The smallest absolute Gasteiger partial charge is 0.167 e. The number of fused-ring (bicyclic) bond motifs is 2. The normalized spacial score (nSPS) is 11.9. The van der Waals surface area contributed by atoms with E-state index >= 15 is 0 Å². The summed E-state index contributed by atoms with van der Waals surface area (Å²) in [5, 5.41) is 72.3. The highest BCUT2D eigenvalue weighted by atomic mass is 16.5. The summed E-state index contributed by atoms with van der Waals surface area (Å²) >= 11 is 0. The van der Waals surface area contributed by atoms with E-state index in [0.717, 1.165) is 0 Å². The van der Waals surface area contributed by atoms with Gasteiger partial charge in [0.2, 0.25) is 0 Å². The van der Waals surface area contributed by atoms with Gasteiger partial charge in [0.05, 0.1) is 39.6 Å². The number of aryl methyl sites for hydroxylation is 2. The van der Waals surface area contributed by atoms with Gasteiger partial charge >= 0.3 is 0 Å². The van der Waals surface area contributed by atoms with Crippen LogP contribution in [0.2, 0.25) is 0 Å². The Bertz CT molecular complexity index is 2480. The molecule has 6 N–H and O–H groups in total. The van der Waals surface area contributed by atoms with E-state index in [9.17, 15) is 30.6 Å². The molecule has 0 aromatic heterocycles. The maximum absolute atomic E-state index is 12.5. The first-order valence-corrected chi connectivity index (χ1v) is 18.6. The van der Waals surface area contributed by atoms with Crippen LogP contribution in [-0.4, -0.2) is 71.5 Å². The summed E-state index contributed by atoms with van der Waals surface area (Å²) in [7, 11) is 6.03. The van der Waals surface area contributed by atoms with Gasteiger partial charge in [-0.3, -0.25) is 9.98 Å². The molecule has 0 spiro atoms. The largest absolute Gasteiger partial charge is 0.507 e. The van der Waals surface area contributed by atoms with Crippen molar-refractivity contribution in [3.63, 3.8) is 0 Å². The molecule has 0 aliphatic carbocycles. The molecule has 0 heterocycles. The first-order chi connectivity index (χ1) is 27.6. The Balaban J connectivity index is 1.72. The second-order valence-electron chi connectivity index (χ2n) is 14.6. The van der Waals surface area contributed by atoms with E-state index in [1.54, 1.807) is 62.4 Å². The number of phenols is 6. The number of nitrogens with zero attached hydrogens (tertiary/aromatic N) is 2. The maximum Gasteiger partial charge on any atom is 0.167 e. The highest BCUT2D eigenvalue weighted by Gasteiger charge is 2.30. The fourth-order valence-corrected chi connectivity index (χ4v) is 7.69. The third kappa shape index (κ3) is 6.84. The van der Waals surface area contributed by atoms with E-state index < -0.39 is 11.5 Å². The van der Waals surface area contributed by atoms with Crippen LogP contribution >= 0.6 is 0 Å². The zero-order valence-corrected chi connectivity index (χ0v) is 34.1. The van der Waals surface area contributed by atoms with Crippen LogP contribution in [0.5, 0.6) is 57.5 Å². The van der Waals surface area contributed by atoms with Crippen molar-refractivity contribution < 1.29 is 49.6 Å². The molecule has 0 radical (unpaired) electrons. The number of benzene rings is 6. The number of aliphatic imine (C=N–C) groups is 2. The summed E-state index contributed by atoms with van der Waals surface area (Å²) in [6, 6.07) is 13.7. The van der Waals surface area contributed by atoms with Crippen molar-refractivity contribution in [3.05, 3.63) is 81.9 Å². The van der Waals surface area contributed by atoms with Crippen LogP contribution in [0, 0.1) is 13.8 Å². The molecule has 302 valence electrons. The number of phenolic OH excluding ortho intramolecular Hbond substituents is 6. The Morgan fingerprint density at radius 1 is 0.483 bits per heavy atom. The van der Waals surface area contributed by atoms with Crippen molar-refractivity contribution in [2.45, 2.75) is 53.4 Å². The van der Waals surface area contributed by atoms with Crippen LogP contribution in [0.4, 0.5) is 11.4 Å². The van der Waals surface area contributed by atoms with Gasteiger partial charge in [-0.15, -0.1) is 0 Å². The van der Waals surface area contributed by atoms with Crippen molar-refractivity contribution in [2.75, 3.05) is 28.4 Å². The molecule has 0 saturated heterocycles. The average Bonchev–Trinajstić information content (AvgIpc) is 3.19. The third-order valence-electron chi connectivity index (χ3n) is 10.4. The minimum atomic E-state index is -0.500. The first kappa shape index (κ1) is 40.8. The van der Waals surface area contributed by atoms with Crippen LogP contribution in [0.1, 0.15) is 72.9 Å². The molecule has 6 aromatic carbocycles. The molecule has 12 nitrogen and oxygen atoms in total. The number of ether oxygens (including phenoxy) is 4. The molecule has 0 atom stereocenters. The van der Waals surface area contributed by atoms with E-state index in [0.29, 0.717) is 67.4 Å². The Hall–Kier alpha value is -6.82. The molecule has 0 aliphatic heterocycles. The number of methoxy groups -OCH3 is 4. The van der Waals surface area contributed by atoms with Gasteiger partial charge in [-0.2, -0.15) is 0 Å². The molecule has 0 amide bonds. The molecule has 58 heavy (non-hydrogen) atoms. The first-order valence-electron chi connectivity index (χ1n) is 18.6. The van der Waals surface area contributed by atoms with Gasteiger partial charge < -0.3 is 49.6 Å². The molecular formula is C46H48N2O10. The van der Waals surface area contributed by atoms with Gasteiger partial charge in [0.25, 0.3) is 0 Å². The molecule has 0 bridgehead atoms. The third-order valence-corrected chi connectivity index (χ3v) is 10.4. The highest BCUT2D eigenvalue weighted by Crippen LogP contribution is 2.54. The van der Waals surface area contributed by atoms with Crippen molar-refractivity contribution in [3.8, 4) is 68.6 Å². The average molecular weight is 789 g/mol. The van der Waals surface area contributed by atoms with Crippen LogP contribution in [0.15, 0.2) is 58.5 Å². The Morgan fingerprint density at radius 3 is 1.16 bits per heavy atom. The van der Waals surface area contributed by atoms with Gasteiger partial charge in [-0.25, -0.2) is 0 Å². The summed E-state index contributed by atoms with van der Waals surface area (Å²) in [5.41, 5.74) is 3.10. The van der Waals surface area contributed by atoms with Crippen LogP contribution in [0.25, 0.3) is 32.7 Å². The molecular weight excluding hydrogens is 741 g/mol. The molecule has 6 rings (SSSR count). The van der Waals surface area contributed by atoms with Gasteiger partial charge in [-0.1, -0.05) is 39.8 Å². The van der Waals surface area contributed by atoms with Crippen molar-refractivity contribution in [1.82, 2.24) is 0 Å². The monoisotopic (exact) mass is 788 g/mol. The summed E-state index contributed by atoms with van der Waals surface area (Å²) < 4.78 is 21.8. The predicted molar refractivity (Wildman–Crippen MR) is 228 cm³/mol. The number of hydrogen-bond donors (Lipinski definition) is 6. The molecule has 0 fully saturated rings. The topological polar surface area (TPSA) is 183 Å². The fourth-order valence-electron chi connectivity index (χ4n) is 7.69. The lowest BCUT2D eigenvalue weighted by Gasteiger charge is -2.23. The lowest BCUT2D eigenvalue weighted by molar-refractivity contribution is 0.398. The highest BCUT2D eigenvalue weighted by molar-refractivity contribution is 6.15.